The van der Waals surface area contributed by atoms with Crippen molar-refractivity contribution in [3.05, 3.63) is 11.6 Å². The summed E-state index contributed by atoms with van der Waals surface area (Å²) in [5, 5.41) is 153. The lowest BCUT2D eigenvalue weighted by Gasteiger charge is -2.72. The molecule has 4 aliphatic heterocycles. The topological polar surface area (TPSA) is 357 Å². The summed E-state index contributed by atoms with van der Waals surface area (Å²) in [5.41, 5.74) is -1.01. The average Bonchev–Trinajstić information content (AvgIpc) is 3.37. The van der Waals surface area contributed by atoms with Crippen LogP contribution >= 0.6 is 0 Å². The van der Waals surface area contributed by atoms with E-state index < -0.39 is 160 Å². The van der Waals surface area contributed by atoms with Gasteiger partial charge >= 0.3 is 0 Å². The Morgan fingerprint density at radius 3 is 1.79 bits per heavy atom. The normalized spacial score (nSPS) is 55.9. The zero-order valence-electron chi connectivity index (χ0n) is 44.4. The molecule has 0 aromatic heterocycles. The third-order valence-corrected chi connectivity index (χ3v) is 21.4. The number of hydrogen-bond donors (Lipinski definition) is 14. The predicted molar refractivity (Wildman–Crippen MR) is 258 cm³/mol. The molecule has 9 aliphatic rings. The summed E-state index contributed by atoms with van der Waals surface area (Å²) >= 11 is 0. The van der Waals surface area contributed by atoms with Gasteiger partial charge in [0, 0.05) is 12.0 Å². The van der Waals surface area contributed by atoms with Crippen LogP contribution in [-0.4, -0.2) is 233 Å². The van der Waals surface area contributed by atoms with Crippen molar-refractivity contribution in [3.8, 4) is 0 Å². The van der Waals surface area contributed by atoms with Crippen molar-refractivity contribution in [2.24, 2.45) is 50.2 Å². The Bertz CT molecular complexity index is 2020. The molecule has 0 aromatic rings. The van der Waals surface area contributed by atoms with Gasteiger partial charge < -0.3 is 109 Å². The largest absolute Gasteiger partial charge is 0.396 e. The van der Waals surface area contributed by atoms with Gasteiger partial charge in [0.25, 0.3) is 0 Å². The third kappa shape index (κ3) is 9.44. The number of aliphatic hydroxyl groups is 14. The first-order valence-corrected chi connectivity index (χ1v) is 27.3. The first-order chi connectivity index (χ1) is 35.2. The van der Waals surface area contributed by atoms with Crippen LogP contribution in [0.3, 0.4) is 0 Å². The highest BCUT2D eigenvalue weighted by atomic mass is 16.8. The van der Waals surface area contributed by atoms with Crippen LogP contribution in [0.1, 0.15) is 106 Å². The molecular formula is C53H88O22. The molecule has 0 amide bonds. The van der Waals surface area contributed by atoms with Gasteiger partial charge in [-0.05, 0) is 110 Å². The smallest absolute Gasteiger partial charge is 0.187 e. The Hall–Kier alpha value is -1.14. The molecule has 29 unspecified atom stereocenters. The molecule has 0 bridgehead atoms. The molecule has 4 saturated carbocycles. The molecule has 4 saturated heterocycles. The molecule has 29 atom stereocenters. The zero-order chi connectivity index (χ0) is 54.7. The molecular weight excluding hydrogens is 989 g/mol. The Balaban J connectivity index is 0.973. The minimum atomic E-state index is -1.89. The van der Waals surface area contributed by atoms with E-state index in [1.165, 1.54) is 12.5 Å². The van der Waals surface area contributed by atoms with E-state index in [-0.39, 0.29) is 52.6 Å². The van der Waals surface area contributed by atoms with E-state index in [0.717, 1.165) is 32.1 Å². The first-order valence-electron chi connectivity index (χ1n) is 27.3. The van der Waals surface area contributed by atoms with Crippen LogP contribution in [0.15, 0.2) is 11.6 Å². The molecule has 22 nitrogen and oxygen atoms in total. The summed E-state index contributed by atoms with van der Waals surface area (Å²) in [6, 6.07) is 0. The summed E-state index contributed by atoms with van der Waals surface area (Å²) < 4.78 is 49.0. The van der Waals surface area contributed by atoms with Gasteiger partial charge in [-0.2, -0.15) is 0 Å². The summed E-state index contributed by atoms with van der Waals surface area (Å²) in [6.45, 7) is 12.9. The van der Waals surface area contributed by atoms with Gasteiger partial charge in [-0.1, -0.05) is 53.2 Å². The standard InChI is InChI=1S/C53H88O22/c1-23-33(59)37(63)40(66)44(69-23)75-43-39(65)35(61)27(19-55)71-47(43)72-28-20-68-46(42(36(28)62)74-45-41(67)38(64)34(60)26(18-54)70-45)73-32-11-12-50(5)29(48(32,2)3)10-13-51(6)30(50)9-8-24-25-16-49(4,21-56)14-15-53(25,22-57)31(58)17-52(24,51)7/h8,23,25-47,54-67H,9-22H2,1-7H3. The Morgan fingerprint density at radius 1 is 0.560 bits per heavy atom. The maximum absolute atomic E-state index is 12.4. The SMILES string of the molecule is CC1OC(OC2C(OC3COC(OC4CCC5(C)C(CCC6(C)C5CC=C5C7CC(C)(CO)CCC7(CO)C(O)CC56C)C4(C)C)C(OC4OC(CO)C(O)C(O)C4O)C3O)OC(CO)C(O)C2O)C(O)C(O)C1O. The van der Waals surface area contributed by atoms with Gasteiger partial charge in [0.15, 0.2) is 25.2 Å². The van der Waals surface area contributed by atoms with Crippen LogP contribution in [0.2, 0.25) is 0 Å². The number of fused-ring (bicyclic) bond motifs is 7. The van der Waals surface area contributed by atoms with Crippen LogP contribution in [0, 0.1) is 50.2 Å². The van der Waals surface area contributed by atoms with Crippen LogP contribution < -0.4 is 0 Å². The maximum atomic E-state index is 12.4. The Labute approximate surface area is 438 Å². The van der Waals surface area contributed by atoms with Crippen molar-refractivity contribution in [2.45, 2.75) is 235 Å². The van der Waals surface area contributed by atoms with Crippen molar-refractivity contribution in [1.82, 2.24) is 0 Å². The van der Waals surface area contributed by atoms with E-state index >= 15 is 0 Å². The van der Waals surface area contributed by atoms with Crippen LogP contribution in [-0.2, 0) is 37.9 Å². The predicted octanol–water partition coefficient (Wildman–Crippen LogP) is -1.95. The van der Waals surface area contributed by atoms with Crippen LogP contribution in [0.5, 0.6) is 0 Å². The third-order valence-electron chi connectivity index (χ3n) is 21.4. The Kier molecular flexibility index (Phi) is 16.6. The van der Waals surface area contributed by atoms with Crippen molar-refractivity contribution >= 4 is 0 Å². The van der Waals surface area contributed by atoms with E-state index in [1.807, 2.05) is 0 Å². The molecule has 0 aromatic carbocycles. The van der Waals surface area contributed by atoms with Crippen LogP contribution in [0.25, 0.3) is 0 Å². The van der Waals surface area contributed by atoms with E-state index in [9.17, 15) is 71.5 Å². The summed E-state index contributed by atoms with van der Waals surface area (Å²) in [6.07, 6.45) is -23.6. The highest BCUT2D eigenvalue weighted by Gasteiger charge is 2.70. The van der Waals surface area contributed by atoms with E-state index in [0.29, 0.717) is 25.7 Å². The maximum Gasteiger partial charge on any atom is 0.187 e. The minimum Gasteiger partial charge on any atom is -0.396 e. The summed E-state index contributed by atoms with van der Waals surface area (Å²) in [7, 11) is 0. The molecule has 0 radical (unpaired) electrons. The summed E-state index contributed by atoms with van der Waals surface area (Å²) in [4.78, 5) is 0. The van der Waals surface area contributed by atoms with E-state index in [1.54, 1.807) is 0 Å². The second-order valence-electron chi connectivity index (χ2n) is 25.8. The number of hydrogen-bond acceptors (Lipinski definition) is 22. The minimum absolute atomic E-state index is 0.0415. The lowest BCUT2D eigenvalue weighted by atomic mass is 9.33. The van der Waals surface area contributed by atoms with Crippen molar-refractivity contribution < 1.29 is 109 Å². The number of allylic oxidation sites excluding steroid dienone is 2. The van der Waals surface area contributed by atoms with Crippen molar-refractivity contribution in [3.63, 3.8) is 0 Å². The van der Waals surface area contributed by atoms with E-state index in [2.05, 4.69) is 47.6 Å². The number of rotatable bonds is 12. The van der Waals surface area contributed by atoms with E-state index in [4.69, 9.17) is 37.9 Å². The highest BCUT2D eigenvalue weighted by molar-refractivity contribution is 5.35. The van der Waals surface area contributed by atoms with Gasteiger partial charge in [-0.15, -0.1) is 0 Å². The first kappa shape index (κ1) is 58.5. The fourth-order valence-electron chi connectivity index (χ4n) is 16.4. The number of ether oxygens (including phenoxy) is 8. The second-order valence-corrected chi connectivity index (χ2v) is 25.8. The van der Waals surface area contributed by atoms with Gasteiger partial charge in [-0.25, -0.2) is 0 Å². The molecule has 9 rings (SSSR count). The van der Waals surface area contributed by atoms with Gasteiger partial charge in [0.05, 0.1) is 44.7 Å². The average molecular weight is 1080 g/mol. The van der Waals surface area contributed by atoms with Gasteiger partial charge in [0.1, 0.15) is 85.5 Å². The quantitative estimate of drug-likeness (QED) is 0.0746. The lowest BCUT2D eigenvalue weighted by molar-refractivity contribution is -0.394. The molecule has 0 spiro atoms. The molecule has 5 aliphatic carbocycles. The van der Waals surface area contributed by atoms with Crippen LogP contribution in [0.4, 0.5) is 0 Å². The molecule has 432 valence electrons. The fraction of sp³-hybridized carbons (Fsp3) is 0.962. The molecule has 4 heterocycles. The zero-order valence-corrected chi connectivity index (χ0v) is 44.4. The van der Waals surface area contributed by atoms with Crippen molar-refractivity contribution in [1.29, 1.82) is 0 Å². The second kappa shape index (κ2) is 21.3. The van der Waals surface area contributed by atoms with Gasteiger partial charge in [0.2, 0.25) is 0 Å². The monoisotopic (exact) mass is 1080 g/mol. The Morgan fingerprint density at radius 2 is 1.16 bits per heavy atom. The molecule has 22 heteroatoms. The molecule has 8 fully saturated rings. The fourth-order valence-corrected chi connectivity index (χ4v) is 16.4. The van der Waals surface area contributed by atoms with Crippen molar-refractivity contribution in [2.75, 3.05) is 33.0 Å². The lowest BCUT2D eigenvalue weighted by Crippen LogP contribution is -2.68. The van der Waals surface area contributed by atoms with Gasteiger partial charge in [-0.3, -0.25) is 0 Å². The number of aliphatic hydroxyl groups excluding tert-OH is 14. The molecule has 75 heavy (non-hydrogen) atoms. The molecule has 14 N–H and O–H groups in total. The highest BCUT2D eigenvalue weighted by Crippen LogP contribution is 2.76. The summed E-state index contributed by atoms with van der Waals surface area (Å²) in [5.74, 6) is 0.245.